The van der Waals surface area contributed by atoms with Crippen molar-refractivity contribution in [3.05, 3.63) is 0 Å². The number of esters is 1. The van der Waals surface area contributed by atoms with Crippen LogP contribution in [0.4, 0.5) is 0 Å². The predicted octanol–water partition coefficient (Wildman–Crippen LogP) is 1.96. The molecule has 1 aliphatic carbocycles. The highest BCUT2D eigenvalue weighted by molar-refractivity contribution is 5.66. The third-order valence-corrected chi connectivity index (χ3v) is 2.66. The number of likely N-dealkylation sites (N-methyl/N-ethyl adjacent to an activating group) is 1. The number of carbonyl (C=O) groups is 1. The summed E-state index contributed by atoms with van der Waals surface area (Å²) in [5, 5.41) is 10.8. The lowest BCUT2D eigenvalue weighted by molar-refractivity contribution is -0.148. The van der Waals surface area contributed by atoms with E-state index in [1.165, 1.54) is 19.8 Å². The van der Waals surface area contributed by atoms with Crippen molar-refractivity contribution in [1.82, 2.24) is 5.32 Å². The van der Waals surface area contributed by atoms with Gasteiger partial charge in [-0.2, -0.15) is 0 Å². The molecule has 0 bridgehead atoms. The number of carbonyl (C=O) groups excluding carboxylic acids is 1. The van der Waals surface area contributed by atoms with Gasteiger partial charge in [0.1, 0.15) is 6.10 Å². The van der Waals surface area contributed by atoms with Crippen molar-refractivity contribution in [3.8, 4) is 0 Å². The van der Waals surface area contributed by atoms with Gasteiger partial charge in [-0.1, -0.05) is 14.4 Å². The minimum Gasteiger partial charge on any atom is -0.463 e. The molecule has 4 heteroatoms. The minimum absolute atomic E-state index is 0. The Morgan fingerprint density at radius 1 is 1.35 bits per heavy atom. The Hall–Kier alpha value is -0.610. The molecule has 0 aromatic heterocycles. The van der Waals surface area contributed by atoms with Gasteiger partial charge in [0.25, 0.3) is 0 Å². The molecule has 1 saturated carbocycles. The van der Waals surface area contributed by atoms with E-state index in [9.17, 15) is 4.79 Å². The molecule has 0 radical (unpaired) electrons. The first-order valence-electron chi connectivity index (χ1n) is 6.02. The van der Waals surface area contributed by atoms with Gasteiger partial charge in [-0.3, -0.25) is 4.79 Å². The zero-order chi connectivity index (χ0) is 12.4. The number of nitrogens with one attached hydrogen (secondary N) is 1. The van der Waals surface area contributed by atoms with Crippen LogP contribution in [0.2, 0.25) is 0 Å². The van der Waals surface area contributed by atoms with Gasteiger partial charge >= 0.3 is 5.97 Å². The molecule has 1 rings (SSSR count). The van der Waals surface area contributed by atoms with Crippen molar-refractivity contribution < 1.29 is 14.6 Å². The molecule has 0 heterocycles. The molecule has 0 saturated heterocycles. The molecule has 0 atom stereocenters. The van der Waals surface area contributed by atoms with E-state index in [0.717, 1.165) is 18.8 Å². The van der Waals surface area contributed by atoms with E-state index in [4.69, 9.17) is 9.84 Å². The molecule has 2 N–H and O–H groups in total. The molecule has 0 spiro atoms. The third-order valence-electron chi connectivity index (χ3n) is 2.66. The van der Waals surface area contributed by atoms with Crippen LogP contribution in [0.5, 0.6) is 0 Å². The Morgan fingerprint density at radius 2 is 1.88 bits per heavy atom. The van der Waals surface area contributed by atoms with E-state index in [1.807, 2.05) is 0 Å². The van der Waals surface area contributed by atoms with Crippen molar-refractivity contribution in [2.75, 3.05) is 20.2 Å². The number of ether oxygens (including phenoxy) is 1. The Kier molecular flexibility index (Phi) is 13.1. The van der Waals surface area contributed by atoms with Crippen molar-refractivity contribution in [2.24, 2.45) is 5.92 Å². The smallest absolute Gasteiger partial charge is 0.302 e. The average Bonchev–Trinajstić information content (AvgIpc) is 2.23. The maximum atomic E-state index is 10.6. The summed E-state index contributed by atoms with van der Waals surface area (Å²) in [5.74, 6) is 0.686. The molecule has 0 aliphatic heterocycles. The summed E-state index contributed by atoms with van der Waals surface area (Å²) in [6, 6.07) is 0. The molecule has 1 aliphatic rings. The molecule has 1 fully saturated rings. The molecule has 17 heavy (non-hydrogen) atoms. The van der Waals surface area contributed by atoms with E-state index in [1.54, 1.807) is 7.05 Å². The third kappa shape index (κ3) is 11.6. The number of aliphatic hydroxyl groups is 1. The van der Waals surface area contributed by atoms with Crippen LogP contribution >= 0.6 is 0 Å². The number of rotatable bonds is 3. The molecule has 0 aromatic carbocycles. The van der Waals surface area contributed by atoms with Crippen LogP contribution in [0.25, 0.3) is 0 Å². The Labute approximate surface area is 106 Å². The molecule has 104 valence electrons. The largest absolute Gasteiger partial charge is 0.463 e. The van der Waals surface area contributed by atoms with Gasteiger partial charge < -0.3 is 15.2 Å². The Morgan fingerprint density at radius 3 is 2.18 bits per heavy atom. The van der Waals surface area contributed by atoms with Crippen LogP contribution < -0.4 is 5.32 Å². The van der Waals surface area contributed by atoms with Crippen LogP contribution in [0.3, 0.4) is 0 Å². The fourth-order valence-corrected chi connectivity index (χ4v) is 1.69. The van der Waals surface area contributed by atoms with Crippen LogP contribution in [0, 0.1) is 5.92 Å². The van der Waals surface area contributed by atoms with Crippen LogP contribution in [0.1, 0.15) is 47.0 Å². The molecule has 0 unspecified atom stereocenters. The second kappa shape index (κ2) is 11.9. The van der Waals surface area contributed by atoms with Gasteiger partial charge in [0.05, 0.1) is 6.61 Å². The van der Waals surface area contributed by atoms with Crippen LogP contribution in [0.15, 0.2) is 0 Å². The van der Waals surface area contributed by atoms with Crippen LogP contribution in [-0.2, 0) is 9.53 Å². The lowest BCUT2D eigenvalue weighted by Gasteiger charge is -2.25. The number of hydrogen-bond donors (Lipinski definition) is 2. The quantitative estimate of drug-likeness (QED) is 0.749. The maximum absolute atomic E-state index is 10.6. The second-order valence-corrected chi connectivity index (χ2v) is 4.32. The van der Waals surface area contributed by atoms with Crippen molar-refractivity contribution in [1.29, 1.82) is 0 Å². The Balaban J connectivity index is 0. The first kappa shape index (κ1) is 18.7. The standard InChI is InChI=1S/C9H16O2.C3H9NO.CH4/c1-7-3-5-9(6-4-7)11-8(2)10;1-4-2-3-5;/h7,9H,3-6H2,1-2H3;4-5H,2-3H2,1H3;1H4. The van der Waals surface area contributed by atoms with E-state index in [-0.39, 0.29) is 26.1 Å². The summed E-state index contributed by atoms with van der Waals surface area (Å²) in [6.07, 6.45) is 4.74. The second-order valence-electron chi connectivity index (χ2n) is 4.32. The number of hydrogen-bond acceptors (Lipinski definition) is 4. The molecule has 4 nitrogen and oxygen atoms in total. The zero-order valence-corrected chi connectivity index (χ0v) is 10.7. The van der Waals surface area contributed by atoms with E-state index < -0.39 is 0 Å². The summed E-state index contributed by atoms with van der Waals surface area (Å²) in [5.41, 5.74) is 0. The van der Waals surface area contributed by atoms with Crippen molar-refractivity contribution in [3.63, 3.8) is 0 Å². The average molecular weight is 247 g/mol. The SMILES string of the molecule is C.CC(=O)OC1CCC(C)CC1.CNCCO. The lowest BCUT2D eigenvalue weighted by atomic mass is 9.89. The van der Waals surface area contributed by atoms with Gasteiger partial charge in [-0.15, -0.1) is 0 Å². The molecular formula is C13H29NO3. The van der Waals surface area contributed by atoms with Crippen LogP contribution in [-0.4, -0.2) is 37.4 Å². The minimum atomic E-state index is -0.135. The van der Waals surface area contributed by atoms with Gasteiger partial charge in [-0.25, -0.2) is 0 Å². The lowest BCUT2D eigenvalue weighted by Crippen LogP contribution is -2.22. The summed E-state index contributed by atoms with van der Waals surface area (Å²) >= 11 is 0. The first-order chi connectivity index (χ1) is 7.60. The molecule has 0 amide bonds. The molecule has 0 aromatic rings. The van der Waals surface area contributed by atoms with E-state index in [2.05, 4.69) is 12.2 Å². The molecular weight excluding hydrogens is 218 g/mol. The summed E-state index contributed by atoms with van der Waals surface area (Å²) in [4.78, 5) is 10.6. The van der Waals surface area contributed by atoms with E-state index >= 15 is 0 Å². The monoisotopic (exact) mass is 247 g/mol. The van der Waals surface area contributed by atoms with Crippen molar-refractivity contribution in [2.45, 2.75) is 53.1 Å². The van der Waals surface area contributed by atoms with Gasteiger partial charge in [0.2, 0.25) is 0 Å². The van der Waals surface area contributed by atoms with Gasteiger partial charge in [0.15, 0.2) is 0 Å². The Bertz CT molecular complexity index is 176. The van der Waals surface area contributed by atoms with Gasteiger partial charge in [0, 0.05) is 13.5 Å². The summed E-state index contributed by atoms with van der Waals surface area (Å²) in [7, 11) is 1.80. The predicted molar refractivity (Wildman–Crippen MR) is 70.9 cm³/mol. The van der Waals surface area contributed by atoms with Crippen molar-refractivity contribution >= 4 is 5.97 Å². The highest BCUT2D eigenvalue weighted by atomic mass is 16.5. The summed E-state index contributed by atoms with van der Waals surface area (Å²) in [6.45, 7) is 4.67. The fraction of sp³-hybridized carbons (Fsp3) is 0.923. The van der Waals surface area contributed by atoms with E-state index in [0.29, 0.717) is 6.54 Å². The number of aliphatic hydroxyl groups excluding tert-OH is 1. The van der Waals surface area contributed by atoms with Gasteiger partial charge in [-0.05, 0) is 38.6 Å². The topological polar surface area (TPSA) is 58.6 Å². The highest BCUT2D eigenvalue weighted by Crippen LogP contribution is 2.25. The summed E-state index contributed by atoms with van der Waals surface area (Å²) < 4.78 is 5.10. The first-order valence-corrected chi connectivity index (χ1v) is 6.02. The zero-order valence-electron chi connectivity index (χ0n) is 10.7. The normalized spacial score (nSPS) is 22.8. The highest BCUT2D eigenvalue weighted by Gasteiger charge is 2.19. The fourth-order valence-electron chi connectivity index (χ4n) is 1.69. The maximum Gasteiger partial charge on any atom is 0.302 e.